The summed E-state index contributed by atoms with van der Waals surface area (Å²) in [6.45, 7) is 9.50. The molecular weight excluding hydrogens is 264 g/mol. The van der Waals surface area contributed by atoms with Gasteiger partial charge in [0, 0.05) is 6.04 Å². The number of alkyl carbamates (subject to hydrolysis) is 1. The van der Waals surface area contributed by atoms with Gasteiger partial charge in [-0.3, -0.25) is 5.32 Å². The van der Waals surface area contributed by atoms with Crippen molar-refractivity contribution in [3.63, 3.8) is 0 Å². The average Bonchev–Trinajstić information content (AvgIpc) is 2.10. The zero-order chi connectivity index (χ0) is 14.6. The van der Waals surface area contributed by atoms with E-state index >= 15 is 0 Å². The Labute approximate surface area is 120 Å². The first-order chi connectivity index (χ1) is 8.65. The molecule has 110 valence electrons. The molecule has 1 unspecified atom stereocenters. The maximum absolute atomic E-state index is 11.6. The van der Waals surface area contributed by atoms with E-state index in [-0.39, 0.29) is 18.2 Å². The van der Waals surface area contributed by atoms with Crippen LogP contribution < -0.4 is 10.6 Å². The molecular formula is C13H24N2O3S. The van der Waals surface area contributed by atoms with Gasteiger partial charge in [0.2, 0.25) is 0 Å². The lowest BCUT2D eigenvalue weighted by atomic mass is 10.0. The summed E-state index contributed by atoms with van der Waals surface area (Å²) < 4.78 is 10.8. The summed E-state index contributed by atoms with van der Waals surface area (Å²) in [5.74, 6) is 0. The molecule has 1 aliphatic heterocycles. The Bertz CT molecular complexity index is 331. The van der Waals surface area contributed by atoms with E-state index in [1.165, 1.54) is 0 Å². The van der Waals surface area contributed by atoms with Crippen molar-refractivity contribution < 1.29 is 14.3 Å². The Balaban J connectivity index is 2.36. The quantitative estimate of drug-likeness (QED) is 0.725. The molecule has 0 saturated carbocycles. The highest BCUT2D eigenvalue weighted by Crippen LogP contribution is 2.18. The molecule has 0 spiro atoms. The van der Waals surface area contributed by atoms with Crippen LogP contribution in [0, 0.1) is 0 Å². The molecule has 1 fully saturated rings. The van der Waals surface area contributed by atoms with Gasteiger partial charge in [-0.1, -0.05) is 0 Å². The fourth-order valence-electron chi connectivity index (χ4n) is 2.14. The number of amides is 1. The Morgan fingerprint density at radius 1 is 1.26 bits per heavy atom. The zero-order valence-electron chi connectivity index (χ0n) is 12.3. The molecule has 0 aromatic heterocycles. The molecule has 0 radical (unpaired) electrons. The molecule has 6 heteroatoms. The third-order valence-electron chi connectivity index (χ3n) is 2.65. The van der Waals surface area contributed by atoms with Crippen molar-refractivity contribution in [2.24, 2.45) is 0 Å². The number of ether oxygens (including phenoxy) is 2. The summed E-state index contributed by atoms with van der Waals surface area (Å²) >= 11 is 5.11. The minimum Gasteiger partial charge on any atom is -0.444 e. The Morgan fingerprint density at radius 3 is 2.26 bits per heavy atom. The van der Waals surface area contributed by atoms with Crippen LogP contribution in [0.5, 0.6) is 0 Å². The second-order valence-electron chi connectivity index (χ2n) is 6.03. The third-order valence-corrected chi connectivity index (χ3v) is 2.87. The fraction of sp³-hybridized carbons (Fsp3) is 0.846. The maximum atomic E-state index is 11.6. The monoisotopic (exact) mass is 288 g/mol. The number of thiocarbonyl (C=S) groups is 1. The van der Waals surface area contributed by atoms with E-state index in [1.54, 1.807) is 0 Å². The number of carbonyl (C=O) groups excluding carboxylic acids is 1. The number of hydrogen-bond donors (Lipinski definition) is 2. The van der Waals surface area contributed by atoms with Crippen LogP contribution >= 0.6 is 12.2 Å². The molecule has 1 aliphatic rings. The molecule has 1 amide bonds. The summed E-state index contributed by atoms with van der Waals surface area (Å²) in [4.78, 5) is 11.6. The zero-order valence-corrected chi connectivity index (χ0v) is 13.1. The van der Waals surface area contributed by atoms with E-state index in [9.17, 15) is 4.79 Å². The van der Waals surface area contributed by atoms with Gasteiger partial charge >= 0.3 is 6.09 Å². The van der Waals surface area contributed by atoms with Gasteiger partial charge in [0.25, 0.3) is 0 Å². The van der Waals surface area contributed by atoms with Gasteiger partial charge in [0.15, 0.2) is 5.11 Å². The van der Waals surface area contributed by atoms with Crippen LogP contribution in [-0.4, -0.2) is 35.1 Å². The standard InChI is InChI=1S/C13H24N2O3S/c1-8-6-10(7-9(2)17-8)14-11(19)15-12(16)18-13(3,4)5/h8-10H,6-7H2,1-5H3,(H2,14,15,16,19)/t8-,9+,10?. The third kappa shape index (κ3) is 6.73. The van der Waals surface area contributed by atoms with E-state index < -0.39 is 11.7 Å². The first-order valence-electron chi connectivity index (χ1n) is 6.61. The van der Waals surface area contributed by atoms with E-state index in [1.807, 2.05) is 34.6 Å². The van der Waals surface area contributed by atoms with Gasteiger partial charge in [0.05, 0.1) is 12.2 Å². The second-order valence-corrected chi connectivity index (χ2v) is 6.43. The fourth-order valence-corrected chi connectivity index (χ4v) is 2.39. The first-order valence-corrected chi connectivity index (χ1v) is 7.02. The molecule has 19 heavy (non-hydrogen) atoms. The van der Waals surface area contributed by atoms with Gasteiger partial charge in [0.1, 0.15) is 5.60 Å². The first kappa shape index (κ1) is 16.2. The van der Waals surface area contributed by atoms with Crippen molar-refractivity contribution in [3.05, 3.63) is 0 Å². The van der Waals surface area contributed by atoms with Crippen molar-refractivity contribution in [2.45, 2.75) is 71.3 Å². The Morgan fingerprint density at radius 2 is 1.79 bits per heavy atom. The summed E-state index contributed by atoms with van der Waals surface area (Å²) in [5, 5.41) is 5.97. The lowest BCUT2D eigenvalue weighted by Crippen LogP contribution is -2.49. The minimum absolute atomic E-state index is 0.200. The molecule has 1 saturated heterocycles. The van der Waals surface area contributed by atoms with E-state index in [4.69, 9.17) is 21.7 Å². The van der Waals surface area contributed by atoms with Crippen molar-refractivity contribution in [2.75, 3.05) is 0 Å². The van der Waals surface area contributed by atoms with Crippen molar-refractivity contribution >= 4 is 23.4 Å². The van der Waals surface area contributed by atoms with Crippen molar-refractivity contribution in [1.29, 1.82) is 0 Å². The molecule has 0 aromatic carbocycles. The van der Waals surface area contributed by atoms with E-state index in [0.29, 0.717) is 5.11 Å². The molecule has 1 heterocycles. The van der Waals surface area contributed by atoms with Crippen molar-refractivity contribution in [3.8, 4) is 0 Å². The van der Waals surface area contributed by atoms with Gasteiger partial charge in [-0.05, 0) is 59.7 Å². The van der Waals surface area contributed by atoms with Gasteiger partial charge in [-0.25, -0.2) is 4.79 Å². The molecule has 0 bridgehead atoms. The Hall–Kier alpha value is -0.880. The number of hydrogen-bond acceptors (Lipinski definition) is 4. The van der Waals surface area contributed by atoms with Crippen LogP contribution in [0.15, 0.2) is 0 Å². The summed E-state index contributed by atoms with van der Waals surface area (Å²) in [6, 6.07) is 0.223. The molecule has 1 rings (SSSR count). The van der Waals surface area contributed by atoms with E-state index in [0.717, 1.165) is 12.8 Å². The number of nitrogens with one attached hydrogen (secondary N) is 2. The van der Waals surface area contributed by atoms with Gasteiger partial charge in [-0.15, -0.1) is 0 Å². The van der Waals surface area contributed by atoms with Crippen molar-refractivity contribution in [1.82, 2.24) is 10.6 Å². The van der Waals surface area contributed by atoms with Crippen LogP contribution in [0.1, 0.15) is 47.5 Å². The summed E-state index contributed by atoms with van der Waals surface area (Å²) in [7, 11) is 0. The second kappa shape index (κ2) is 6.52. The molecule has 0 aromatic rings. The summed E-state index contributed by atoms with van der Waals surface area (Å²) in [6.07, 6.45) is 1.62. The Kier molecular flexibility index (Phi) is 5.55. The molecule has 2 N–H and O–H groups in total. The predicted molar refractivity (Wildman–Crippen MR) is 78.1 cm³/mol. The van der Waals surface area contributed by atoms with Crippen LogP contribution in [0.25, 0.3) is 0 Å². The molecule has 5 nitrogen and oxygen atoms in total. The summed E-state index contributed by atoms with van der Waals surface area (Å²) in [5.41, 5.74) is -0.526. The highest BCUT2D eigenvalue weighted by molar-refractivity contribution is 7.80. The van der Waals surface area contributed by atoms with Gasteiger partial charge < -0.3 is 14.8 Å². The van der Waals surface area contributed by atoms with E-state index in [2.05, 4.69) is 10.6 Å². The highest BCUT2D eigenvalue weighted by atomic mass is 32.1. The van der Waals surface area contributed by atoms with Gasteiger partial charge in [-0.2, -0.15) is 0 Å². The lowest BCUT2D eigenvalue weighted by molar-refractivity contribution is -0.0394. The predicted octanol–water partition coefficient (Wildman–Crippen LogP) is 2.34. The topological polar surface area (TPSA) is 59.6 Å². The van der Waals surface area contributed by atoms with Crippen LogP contribution in [0.2, 0.25) is 0 Å². The smallest absolute Gasteiger partial charge is 0.413 e. The lowest BCUT2D eigenvalue weighted by Gasteiger charge is -2.33. The van der Waals surface area contributed by atoms with Crippen LogP contribution in [-0.2, 0) is 9.47 Å². The maximum Gasteiger partial charge on any atom is 0.413 e. The normalized spacial score (nSPS) is 27.5. The largest absolute Gasteiger partial charge is 0.444 e. The molecule has 0 aliphatic carbocycles. The number of carbonyl (C=O) groups is 1. The SMILES string of the molecule is C[C@@H]1CC(NC(=S)NC(=O)OC(C)(C)C)C[C@H](C)O1. The van der Waals surface area contributed by atoms with Crippen LogP contribution in [0.3, 0.4) is 0 Å². The minimum atomic E-state index is -0.529. The van der Waals surface area contributed by atoms with Crippen LogP contribution in [0.4, 0.5) is 4.79 Å². The highest BCUT2D eigenvalue weighted by Gasteiger charge is 2.25. The average molecular weight is 288 g/mol. The molecule has 3 atom stereocenters. The number of rotatable bonds is 1.